The van der Waals surface area contributed by atoms with E-state index < -0.39 is 11.4 Å². The number of hydrogen-bond donors (Lipinski definition) is 1. The Kier molecular flexibility index (Phi) is 3.31. The van der Waals surface area contributed by atoms with Crippen molar-refractivity contribution in [1.29, 1.82) is 0 Å². The highest BCUT2D eigenvalue weighted by Gasteiger charge is 2.14. The van der Waals surface area contributed by atoms with E-state index in [1.54, 1.807) is 28.0 Å². The topological polar surface area (TPSA) is 72.2 Å². The summed E-state index contributed by atoms with van der Waals surface area (Å²) in [5.41, 5.74) is 0.880. The van der Waals surface area contributed by atoms with Crippen molar-refractivity contribution in [3.05, 3.63) is 62.3 Å². The Morgan fingerprint density at radius 1 is 1.38 bits per heavy atom. The van der Waals surface area contributed by atoms with Crippen LogP contribution in [-0.2, 0) is 6.54 Å². The summed E-state index contributed by atoms with van der Waals surface area (Å²) in [7, 11) is 0. The van der Waals surface area contributed by atoms with Crippen LogP contribution in [0.5, 0.6) is 0 Å². The quantitative estimate of drug-likeness (QED) is 0.806. The fourth-order valence-electron chi connectivity index (χ4n) is 2.28. The molecule has 5 nitrogen and oxygen atoms in total. The van der Waals surface area contributed by atoms with Crippen LogP contribution in [0.3, 0.4) is 0 Å². The van der Waals surface area contributed by atoms with E-state index in [1.807, 2.05) is 24.4 Å². The zero-order valence-electron chi connectivity index (χ0n) is 11.2. The number of carbonyl (C=O) groups is 1. The van der Waals surface area contributed by atoms with Gasteiger partial charge >= 0.3 is 5.97 Å². The van der Waals surface area contributed by atoms with Gasteiger partial charge in [-0.2, -0.15) is 0 Å². The molecule has 0 aliphatic heterocycles. The molecule has 0 aliphatic carbocycles. The van der Waals surface area contributed by atoms with Crippen molar-refractivity contribution in [3.8, 4) is 0 Å². The molecule has 0 unspecified atom stereocenters. The first kappa shape index (κ1) is 13.5. The zero-order chi connectivity index (χ0) is 15.0. The van der Waals surface area contributed by atoms with Gasteiger partial charge < -0.3 is 9.67 Å². The third kappa shape index (κ3) is 2.45. The molecular formula is C15H12N2O3S. The molecular weight excluding hydrogens is 288 g/mol. The number of para-hydroxylation sites is 1. The van der Waals surface area contributed by atoms with E-state index in [9.17, 15) is 14.7 Å². The molecule has 0 fully saturated rings. The first-order chi connectivity index (χ1) is 10.1. The molecule has 1 aromatic carbocycles. The second kappa shape index (κ2) is 5.14. The van der Waals surface area contributed by atoms with Crippen molar-refractivity contribution >= 4 is 28.2 Å². The summed E-state index contributed by atoms with van der Waals surface area (Å²) in [6.45, 7) is 2.35. The normalized spacial score (nSPS) is 10.9. The molecule has 2 aromatic heterocycles. The van der Waals surface area contributed by atoms with Gasteiger partial charge in [0, 0.05) is 17.0 Å². The van der Waals surface area contributed by atoms with Crippen LogP contribution in [0.25, 0.3) is 10.9 Å². The van der Waals surface area contributed by atoms with Crippen molar-refractivity contribution < 1.29 is 9.90 Å². The van der Waals surface area contributed by atoms with E-state index in [1.165, 1.54) is 6.20 Å². The monoisotopic (exact) mass is 300 g/mol. The summed E-state index contributed by atoms with van der Waals surface area (Å²) >= 11 is 1.54. The molecule has 6 heteroatoms. The van der Waals surface area contributed by atoms with Crippen LogP contribution < -0.4 is 5.43 Å². The highest BCUT2D eigenvalue weighted by atomic mass is 32.1. The van der Waals surface area contributed by atoms with Crippen molar-refractivity contribution in [2.75, 3.05) is 0 Å². The number of carboxylic acid groups (broad SMARTS) is 1. The standard InChI is InChI=1S/C15H12N2O3S/c1-9-16-10(8-21-9)6-17-7-12(15(19)20)14(18)11-4-2-3-5-13(11)17/h2-5,7-8H,6H2,1H3,(H,19,20). The van der Waals surface area contributed by atoms with Gasteiger partial charge in [0.1, 0.15) is 5.56 Å². The van der Waals surface area contributed by atoms with Gasteiger partial charge in [-0.1, -0.05) is 12.1 Å². The number of hydrogen-bond acceptors (Lipinski definition) is 4. The number of fused-ring (bicyclic) bond motifs is 1. The second-order valence-corrected chi connectivity index (χ2v) is 5.74. The molecule has 0 bridgehead atoms. The number of nitrogens with zero attached hydrogens (tertiary/aromatic N) is 2. The van der Waals surface area contributed by atoms with Crippen molar-refractivity contribution in [2.45, 2.75) is 13.5 Å². The Labute approximate surface area is 124 Å². The molecule has 0 aliphatic rings. The number of carboxylic acids is 1. The first-order valence-electron chi connectivity index (χ1n) is 6.33. The highest BCUT2D eigenvalue weighted by molar-refractivity contribution is 7.09. The average molecular weight is 300 g/mol. The number of aromatic nitrogens is 2. The molecule has 3 rings (SSSR count). The Balaban J connectivity index is 2.23. The highest BCUT2D eigenvalue weighted by Crippen LogP contribution is 2.15. The van der Waals surface area contributed by atoms with Gasteiger partial charge in [-0.15, -0.1) is 11.3 Å². The Bertz CT molecular complexity index is 895. The maximum absolute atomic E-state index is 12.2. The predicted molar refractivity (Wildman–Crippen MR) is 81.1 cm³/mol. The molecule has 0 amide bonds. The molecule has 0 spiro atoms. The van der Waals surface area contributed by atoms with E-state index in [2.05, 4.69) is 4.98 Å². The lowest BCUT2D eigenvalue weighted by Crippen LogP contribution is -2.19. The van der Waals surface area contributed by atoms with Gasteiger partial charge in [0.15, 0.2) is 0 Å². The van der Waals surface area contributed by atoms with Crippen LogP contribution in [0, 0.1) is 6.92 Å². The number of pyridine rings is 1. The Hall–Kier alpha value is -2.47. The Morgan fingerprint density at radius 2 is 2.14 bits per heavy atom. The van der Waals surface area contributed by atoms with E-state index in [4.69, 9.17) is 0 Å². The summed E-state index contributed by atoms with van der Waals surface area (Å²) in [5.74, 6) is -1.21. The third-order valence-corrected chi connectivity index (χ3v) is 4.04. The summed E-state index contributed by atoms with van der Waals surface area (Å²) < 4.78 is 1.76. The van der Waals surface area contributed by atoms with Crippen molar-refractivity contribution in [1.82, 2.24) is 9.55 Å². The lowest BCUT2D eigenvalue weighted by atomic mass is 10.1. The van der Waals surface area contributed by atoms with E-state index in [0.717, 1.165) is 10.7 Å². The van der Waals surface area contributed by atoms with Gasteiger partial charge in [-0.05, 0) is 19.1 Å². The number of benzene rings is 1. The van der Waals surface area contributed by atoms with Gasteiger partial charge in [0.2, 0.25) is 5.43 Å². The minimum atomic E-state index is -1.21. The number of aromatic carboxylic acids is 1. The smallest absolute Gasteiger partial charge is 0.341 e. The van der Waals surface area contributed by atoms with Crippen LogP contribution in [0.4, 0.5) is 0 Å². The molecule has 0 radical (unpaired) electrons. The van der Waals surface area contributed by atoms with Gasteiger partial charge in [0.25, 0.3) is 0 Å². The fourth-order valence-corrected chi connectivity index (χ4v) is 2.89. The van der Waals surface area contributed by atoms with Gasteiger partial charge in [-0.3, -0.25) is 4.79 Å². The van der Waals surface area contributed by atoms with E-state index in [-0.39, 0.29) is 5.56 Å². The van der Waals surface area contributed by atoms with Crippen molar-refractivity contribution in [3.63, 3.8) is 0 Å². The molecule has 1 N–H and O–H groups in total. The van der Waals surface area contributed by atoms with Crippen LogP contribution >= 0.6 is 11.3 Å². The predicted octanol–water partition coefficient (Wildman–Crippen LogP) is 2.51. The molecule has 2 heterocycles. The van der Waals surface area contributed by atoms with E-state index in [0.29, 0.717) is 17.4 Å². The molecule has 0 saturated carbocycles. The molecule has 0 atom stereocenters. The van der Waals surface area contributed by atoms with E-state index >= 15 is 0 Å². The number of rotatable bonds is 3. The molecule has 21 heavy (non-hydrogen) atoms. The summed E-state index contributed by atoms with van der Waals surface area (Å²) in [4.78, 5) is 27.8. The Morgan fingerprint density at radius 3 is 2.81 bits per heavy atom. The average Bonchev–Trinajstić information content (AvgIpc) is 2.87. The number of aryl methyl sites for hydroxylation is 1. The second-order valence-electron chi connectivity index (χ2n) is 4.68. The van der Waals surface area contributed by atoms with Crippen LogP contribution in [0.2, 0.25) is 0 Å². The largest absolute Gasteiger partial charge is 0.477 e. The SMILES string of the molecule is Cc1nc(Cn2cc(C(=O)O)c(=O)c3ccccc32)cs1. The molecule has 106 valence electrons. The van der Waals surface area contributed by atoms with Crippen LogP contribution in [-0.4, -0.2) is 20.6 Å². The summed E-state index contributed by atoms with van der Waals surface area (Å²) in [6.07, 6.45) is 1.39. The lowest BCUT2D eigenvalue weighted by Gasteiger charge is -2.10. The lowest BCUT2D eigenvalue weighted by molar-refractivity contribution is 0.0695. The van der Waals surface area contributed by atoms with Gasteiger partial charge in [-0.25, -0.2) is 9.78 Å². The molecule has 3 aromatic rings. The minimum absolute atomic E-state index is 0.222. The molecule has 0 saturated heterocycles. The maximum Gasteiger partial charge on any atom is 0.341 e. The number of thiazole rings is 1. The fraction of sp³-hybridized carbons (Fsp3) is 0.133. The minimum Gasteiger partial charge on any atom is -0.477 e. The van der Waals surface area contributed by atoms with Crippen molar-refractivity contribution in [2.24, 2.45) is 0 Å². The summed E-state index contributed by atoms with van der Waals surface area (Å²) in [6, 6.07) is 7.01. The zero-order valence-corrected chi connectivity index (χ0v) is 12.1. The third-order valence-electron chi connectivity index (χ3n) is 3.22. The van der Waals surface area contributed by atoms with Crippen LogP contribution in [0.15, 0.2) is 40.6 Å². The maximum atomic E-state index is 12.2. The first-order valence-corrected chi connectivity index (χ1v) is 7.20. The van der Waals surface area contributed by atoms with Crippen LogP contribution in [0.1, 0.15) is 21.1 Å². The van der Waals surface area contributed by atoms with Gasteiger partial charge in [0.05, 0.1) is 22.8 Å². The summed E-state index contributed by atoms with van der Waals surface area (Å²) in [5, 5.41) is 12.5.